The highest BCUT2D eigenvalue weighted by atomic mass is 35.5. The molecule has 0 fully saturated rings. The number of aromatic nitrogens is 1. The summed E-state index contributed by atoms with van der Waals surface area (Å²) >= 11 is 5.91. The Morgan fingerprint density at radius 3 is 2.44 bits per heavy atom. The van der Waals surface area contributed by atoms with E-state index in [-0.39, 0.29) is 6.04 Å². The average Bonchev–Trinajstić information content (AvgIpc) is 2.39. The Hall–Kier alpha value is -1.54. The Balaban J connectivity index is 2.14. The highest BCUT2D eigenvalue weighted by Crippen LogP contribution is 2.23. The fourth-order valence-electron chi connectivity index (χ4n) is 1.87. The third-order valence-electron chi connectivity index (χ3n) is 2.93. The molecule has 0 bridgehead atoms. The van der Waals surface area contributed by atoms with Gasteiger partial charge in [-0.15, -0.1) is 0 Å². The van der Waals surface area contributed by atoms with E-state index in [0.29, 0.717) is 0 Å². The van der Waals surface area contributed by atoms with Crippen molar-refractivity contribution in [3.05, 3.63) is 58.9 Å². The van der Waals surface area contributed by atoms with Crippen molar-refractivity contribution in [3.63, 3.8) is 0 Å². The number of aryl methyl sites for hydroxylation is 1. The van der Waals surface area contributed by atoms with E-state index >= 15 is 0 Å². The number of hydrogen-bond donors (Lipinski definition) is 1. The summed E-state index contributed by atoms with van der Waals surface area (Å²) in [6.07, 6.45) is 2.88. The Morgan fingerprint density at radius 1 is 1.17 bits per heavy atom. The molecule has 0 aliphatic heterocycles. The number of nitrogens with one attached hydrogen (secondary N) is 1. The van der Waals surface area contributed by atoms with Crippen molar-refractivity contribution in [2.75, 3.05) is 5.32 Å². The fraction of sp³-hybridized carbons (Fsp3) is 0.267. The van der Waals surface area contributed by atoms with E-state index < -0.39 is 0 Å². The number of rotatable bonds is 4. The van der Waals surface area contributed by atoms with Crippen molar-refractivity contribution >= 4 is 17.3 Å². The molecule has 0 aliphatic rings. The second-order valence-corrected chi connectivity index (χ2v) is 4.78. The highest BCUT2D eigenvalue weighted by molar-refractivity contribution is 6.30. The van der Waals surface area contributed by atoms with E-state index in [4.69, 9.17) is 11.6 Å². The van der Waals surface area contributed by atoms with Gasteiger partial charge in [0, 0.05) is 10.7 Å². The Labute approximate surface area is 113 Å². The molecular formula is C15H17ClN2. The lowest BCUT2D eigenvalue weighted by molar-refractivity contribution is 0.748. The first-order valence-electron chi connectivity index (χ1n) is 6.13. The van der Waals surface area contributed by atoms with Crippen molar-refractivity contribution in [3.8, 4) is 0 Å². The van der Waals surface area contributed by atoms with Crippen LogP contribution in [0.25, 0.3) is 0 Å². The van der Waals surface area contributed by atoms with Gasteiger partial charge in [0.25, 0.3) is 0 Å². The standard InChI is InChI=1S/C15H17ClN2/c1-3-15(12-5-7-13(16)8-6-12)18-14-9-4-11(2)17-10-14/h4-10,15,18H,3H2,1-2H3. The number of benzene rings is 1. The molecular weight excluding hydrogens is 244 g/mol. The van der Waals surface area contributed by atoms with Gasteiger partial charge in [0.1, 0.15) is 0 Å². The monoisotopic (exact) mass is 260 g/mol. The summed E-state index contributed by atoms with van der Waals surface area (Å²) in [4.78, 5) is 4.29. The zero-order valence-electron chi connectivity index (χ0n) is 10.7. The summed E-state index contributed by atoms with van der Waals surface area (Å²) in [6, 6.07) is 12.3. The summed E-state index contributed by atoms with van der Waals surface area (Å²) in [6.45, 7) is 4.15. The van der Waals surface area contributed by atoms with Crippen LogP contribution in [0.2, 0.25) is 5.02 Å². The third kappa shape index (κ3) is 3.23. The molecule has 0 radical (unpaired) electrons. The van der Waals surface area contributed by atoms with Gasteiger partial charge >= 0.3 is 0 Å². The maximum absolute atomic E-state index is 5.91. The Bertz CT molecular complexity index is 491. The van der Waals surface area contributed by atoms with Gasteiger partial charge in [-0.05, 0) is 43.2 Å². The molecule has 2 aromatic rings. The largest absolute Gasteiger partial charge is 0.377 e. The minimum Gasteiger partial charge on any atom is -0.377 e. The summed E-state index contributed by atoms with van der Waals surface area (Å²) in [5.41, 5.74) is 3.31. The molecule has 0 saturated carbocycles. The molecule has 0 aliphatic carbocycles. The number of halogens is 1. The second-order valence-electron chi connectivity index (χ2n) is 4.34. The maximum Gasteiger partial charge on any atom is 0.0531 e. The summed E-state index contributed by atoms with van der Waals surface area (Å²) in [7, 11) is 0. The average molecular weight is 261 g/mol. The molecule has 94 valence electrons. The number of hydrogen-bond acceptors (Lipinski definition) is 2. The number of pyridine rings is 1. The predicted octanol–water partition coefficient (Wildman–Crippen LogP) is 4.61. The highest BCUT2D eigenvalue weighted by Gasteiger charge is 2.08. The molecule has 0 amide bonds. The maximum atomic E-state index is 5.91. The molecule has 1 atom stereocenters. The van der Waals surface area contributed by atoms with Crippen molar-refractivity contribution in [2.45, 2.75) is 26.3 Å². The van der Waals surface area contributed by atoms with Gasteiger partial charge < -0.3 is 5.32 Å². The quantitative estimate of drug-likeness (QED) is 0.869. The van der Waals surface area contributed by atoms with E-state index in [1.165, 1.54) is 5.56 Å². The lowest BCUT2D eigenvalue weighted by Crippen LogP contribution is -2.09. The molecule has 0 spiro atoms. The van der Waals surface area contributed by atoms with E-state index in [0.717, 1.165) is 22.8 Å². The molecule has 1 unspecified atom stereocenters. The SMILES string of the molecule is CCC(Nc1ccc(C)nc1)c1ccc(Cl)cc1. The molecule has 1 heterocycles. The first-order chi connectivity index (χ1) is 8.69. The normalized spacial score (nSPS) is 12.2. The van der Waals surface area contributed by atoms with E-state index in [1.807, 2.05) is 31.3 Å². The molecule has 1 N–H and O–H groups in total. The molecule has 2 nitrogen and oxygen atoms in total. The van der Waals surface area contributed by atoms with Gasteiger partial charge in [-0.2, -0.15) is 0 Å². The van der Waals surface area contributed by atoms with Crippen LogP contribution < -0.4 is 5.32 Å². The summed E-state index contributed by atoms with van der Waals surface area (Å²) < 4.78 is 0. The zero-order chi connectivity index (χ0) is 13.0. The minimum atomic E-state index is 0.284. The Morgan fingerprint density at radius 2 is 1.89 bits per heavy atom. The molecule has 2 rings (SSSR count). The van der Waals surface area contributed by atoms with Crippen LogP contribution in [0.3, 0.4) is 0 Å². The zero-order valence-corrected chi connectivity index (χ0v) is 11.4. The van der Waals surface area contributed by atoms with Crippen LogP contribution in [0.4, 0.5) is 5.69 Å². The van der Waals surface area contributed by atoms with Gasteiger partial charge in [-0.25, -0.2) is 0 Å². The topological polar surface area (TPSA) is 24.9 Å². The molecule has 3 heteroatoms. The van der Waals surface area contributed by atoms with Gasteiger partial charge in [0.15, 0.2) is 0 Å². The molecule has 0 saturated heterocycles. The minimum absolute atomic E-state index is 0.284. The van der Waals surface area contributed by atoms with Crippen molar-refractivity contribution in [2.24, 2.45) is 0 Å². The van der Waals surface area contributed by atoms with Crippen LogP contribution in [0.15, 0.2) is 42.6 Å². The van der Waals surface area contributed by atoms with Crippen LogP contribution in [0.5, 0.6) is 0 Å². The van der Waals surface area contributed by atoms with E-state index in [9.17, 15) is 0 Å². The number of nitrogens with zero attached hydrogens (tertiary/aromatic N) is 1. The lowest BCUT2D eigenvalue weighted by atomic mass is 10.0. The lowest BCUT2D eigenvalue weighted by Gasteiger charge is -2.18. The second kappa shape index (κ2) is 5.87. The molecule has 1 aromatic carbocycles. The van der Waals surface area contributed by atoms with Crippen LogP contribution >= 0.6 is 11.6 Å². The first kappa shape index (κ1) is 12.9. The Kier molecular flexibility index (Phi) is 4.21. The fourth-order valence-corrected chi connectivity index (χ4v) is 2.00. The third-order valence-corrected chi connectivity index (χ3v) is 3.18. The van der Waals surface area contributed by atoms with Crippen LogP contribution in [0, 0.1) is 6.92 Å². The van der Waals surface area contributed by atoms with Crippen LogP contribution in [-0.4, -0.2) is 4.98 Å². The summed E-state index contributed by atoms with van der Waals surface area (Å²) in [5, 5.41) is 4.26. The summed E-state index contributed by atoms with van der Waals surface area (Å²) in [5.74, 6) is 0. The van der Waals surface area contributed by atoms with Gasteiger partial charge in [0.05, 0.1) is 17.9 Å². The van der Waals surface area contributed by atoms with Crippen molar-refractivity contribution in [1.82, 2.24) is 4.98 Å². The van der Waals surface area contributed by atoms with E-state index in [2.05, 4.69) is 35.4 Å². The van der Waals surface area contributed by atoms with Gasteiger partial charge in [-0.3, -0.25) is 4.98 Å². The van der Waals surface area contributed by atoms with Gasteiger partial charge in [0.2, 0.25) is 0 Å². The van der Waals surface area contributed by atoms with Crippen molar-refractivity contribution < 1.29 is 0 Å². The van der Waals surface area contributed by atoms with Gasteiger partial charge in [-0.1, -0.05) is 30.7 Å². The number of anilines is 1. The molecule has 1 aromatic heterocycles. The van der Waals surface area contributed by atoms with Crippen molar-refractivity contribution in [1.29, 1.82) is 0 Å². The van der Waals surface area contributed by atoms with Crippen LogP contribution in [0.1, 0.15) is 30.6 Å². The smallest absolute Gasteiger partial charge is 0.0531 e. The first-order valence-corrected chi connectivity index (χ1v) is 6.51. The molecule has 18 heavy (non-hydrogen) atoms. The van der Waals surface area contributed by atoms with E-state index in [1.54, 1.807) is 0 Å². The predicted molar refractivity (Wildman–Crippen MR) is 77.1 cm³/mol. The van der Waals surface area contributed by atoms with Crippen LogP contribution in [-0.2, 0) is 0 Å².